The van der Waals surface area contributed by atoms with Crippen molar-refractivity contribution in [2.75, 3.05) is 23.8 Å². The highest BCUT2D eigenvalue weighted by molar-refractivity contribution is 5.95. The van der Waals surface area contributed by atoms with E-state index in [0.29, 0.717) is 30.9 Å². The number of hydrogen-bond acceptors (Lipinski definition) is 4. The van der Waals surface area contributed by atoms with Crippen LogP contribution in [0.25, 0.3) is 0 Å². The Labute approximate surface area is 146 Å². The lowest BCUT2D eigenvalue weighted by Gasteiger charge is -2.18. The Morgan fingerprint density at radius 3 is 2.80 bits per heavy atom. The molecule has 0 aromatic heterocycles. The van der Waals surface area contributed by atoms with Gasteiger partial charge in [0.15, 0.2) is 6.61 Å². The van der Waals surface area contributed by atoms with Gasteiger partial charge in [0.2, 0.25) is 5.91 Å². The van der Waals surface area contributed by atoms with Crippen LogP contribution in [0.15, 0.2) is 42.5 Å². The summed E-state index contributed by atoms with van der Waals surface area (Å²) in [6.07, 6.45) is 0.923. The molecule has 0 saturated heterocycles. The second kappa shape index (κ2) is 7.70. The van der Waals surface area contributed by atoms with Crippen LogP contribution in [-0.4, -0.2) is 25.0 Å². The maximum Gasteiger partial charge on any atom is 0.262 e. The molecule has 130 valence electrons. The predicted molar refractivity (Wildman–Crippen MR) is 95.1 cm³/mol. The maximum absolute atomic E-state index is 12.1. The zero-order valence-electron chi connectivity index (χ0n) is 14.0. The number of aryl methyl sites for hydroxylation is 1. The van der Waals surface area contributed by atoms with Crippen molar-refractivity contribution in [2.45, 2.75) is 19.8 Å². The zero-order chi connectivity index (χ0) is 17.6. The Hall–Kier alpha value is -3.02. The summed E-state index contributed by atoms with van der Waals surface area (Å²) < 4.78 is 10.7. The van der Waals surface area contributed by atoms with Gasteiger partial charge in [-0.2, -0.15) is 0 Å². The third-order valence-corrected chi connectivity index (χ3v) is 3.77. The zero-order valence-corrected chi connectivity index (χ0v) is 14.0. The Bertz CT molecular complexity index is 771. The Balaban J connectivity index is 1.53. The third-order valence-electron chi connectivity index (χ3n) is 3.77. The summed E-state index contributed by atoms with van der Waals surface area (Å²) in [5.41, 5.74) is 2.35. The Morgan fingerprint density at radius 2 is 2.04 bits per heavy atom. The molecule has 0 fully saturated rings. The monoisotopic (exact) mass is 340 g/mol. The van der Waals surface area contributed by atoms with E-state index >= 15 is 0 Å². The molecule has 1 heterocycles. The van der Waals surface area contributed by atoms with Gasteiger partial charge in [-0.25, -0.2) is 0 Å². The first-order valence-corrected chi connectivity index (χ1v) is 8.22. The van der Waals surface area contributed by atoms with Gasteiger partial charge in [0.05, 0.1) is 12.3 Å². The van der Waals surface area contributed by atoms with E-state index in [1.165, 1.54) is 0 Å². The van der Waals surface area contributed by atoms with Crippen molar-refractivity contribution in [1.29, 1.82) is 0 Å². The molecule has 0 atom stereocenters. The second-order valence-corrected chi connectivity index (χ2v) is 5.67. The molecule has 2 N–H and O–H groups in total. The minimum absolute atomic E-state index is 0.0385. The molecule has 2 aromatic carbocycles. The summed E-state index contributed by atoms with van der Waals surface area (Å²) in [5, 5.41) is 5.63. The molecule has 1 aliphatic heterocycles. The van der Waals surface area contributed by atoms with Crippen molar-refractivity contribution >= 4 is 23.2 Å². The minimum atomic E-state index is -0.169. The molecule has 6 heteroatoms. The molecular formula is C19H20N2O4. The Morgan fingerprint density at radius 1 is 1.24 bits per heavy atom. The first-order valence-electron chi connectivity index (χ1n) is 8.22. The van der Waals surface area contributed by atoms with Crippen LogP contribution in [0.3, 0.4) is 0 Å². The van der Waals surface area contributed by atoms with Gasteiger partial charge in [0, 0.05) is 12.1 Å². The topological polar surface area (TPSA) is 76.7 Å². The summed E-state index contributed by atoms with van der Waals surface area (Å²) >= 11 is 0. The number of carbonyl (C=O) groups is 2. The van der Waals surface area contributed by atoms with E-state index in [-0.39, 0.29) is 18.4 Å². The number of fused-ring (bicyclic) bond motifs is 1. The van der Waals surface area contributed by atoms with Gasteiger partial charge in [-0.3, -0.25) is 9.59 Å². The molecule has 0 saturated carbocycles. The maximum atomic E-state index is 12.1. The molecule has 2 aromatic rings. The van der Waals surface area contributed by atoms with Gasteiger partial charge in [0.1, 0.15) is 11.5 Å². The van der Waals surface area contributed by atoms with E-state index in [4.69, 9.17) is 9.47 Å². The van der Waals surface area contributed by atoms with Crippen LogP contribution in [0.2, 0.25) is 0 Å². The van der Waals surface area contributed by atoms with E-state index in [9.17, 15) is 9.59 Å². The first-order chi connectivity index (χ1) is 12.1. The minimum Gasteiger partial charge on any atom is -0.494 e. The number of ether oxygens (including phenoxy) is 2. The third kappa shape index (κ3) is 4.50. The quantitative estimate of drug-likeness (QED) is 0.847. The number of rotatable bonds is 6. The van der Waals surface area contributed by atoms with E-state index in [1.807, 2.05) is 49.4 Å². The molecule has 6 nitrogen and oxygen atoms in total. The molecular weight excluding hydrogens is 320 g/mol. The second-order valence-electron chi connectivity index (χ2n) is 5.67. The van der Waals surface area contributed by atoms with Crippen LogP contribution in [0.1, 0.15) is 18.9 Å². The van der Waals surface area contributed by atoms with Crippen LogP contribution < -0.4 is 20.1 Å². The lowest BCUT2D eigenvalue weighted by Crippen LogP contribution is -2.25. The van der Waals surface area contributed by atoms with Gasteiger partial charge in [0.25, 0.3) is 5.91 Å². The van der Waals surface area contributed by atoms with Gasteiger partial charge >= 0.3 is 0 Å². The number of anilines is 2. The van der Waals surface area contributed by atoms with Crippen molar-refractivity contribution in [2.24, 2.45) is 0 Å². The summed E-state index contributed by atoms with van der Waals surface area (Å²) in [4.78, 5) is 23.5. The Kier molecular flexibility index (Phi) is 5.18. The van der Waals surface area contributed by atoms with Crippen molar-refractivity contribution in [3.8, 4) is 11.5 Å². The molecule has 2 amide bonds. The number of carbonyl (C=O) groups excluding carboxylic acids is 2. The normalized spacial score (nSPS) is 12.6. The lowest BCUT2D eigenvalue weighted by atomic mass is 10.1. The lowest BCUT2D eigenvalue weighted by molar-refractivity contribution is -0.118. The number of nitrogens with one attached hydrogen (secondary N) is 2. The molecule has 0 radical (unpaired) electrons. The van der Waals surface area contributed by atoms with Crippen molar-refractivity contribution < 1.29 is 19.1 Å². The fourth-order valence-corrected chi connectivity index (χ4v) is 2.57. The number of amides is 2. The van der Waals surface area contributed by atoms with Gasteiger partial charge in [-0.1, -0.05) is 6.07 Å². The van der Waals surface area contributed by atoms with Crippen LogP contribution >= 0.6 is 0 Å². The average Bonchev–Trinajstić information content (AvgIpc) is 2.61. The van der Waals surface area contributed by atoms with Crippen LogP contribution in [0.5, 0.6) is 11.5 Å². The average molecular weight is 340 g/mol. The van der Waals surface area contributed by atoms with Crippen LogP contribution in [0, 0.1) is 0 Å². The summed E-state index contributed by atoms with van der Waals surface area (Å²) in [5.74, 6) is 1.20. The summed E-state index contributed by atoms with van der Waals surface area (Å²) in [6.45, 7) is 2.57. The highest BCUT2D eigenvalue weighted by atomic mass is 16.5. The number of benzene rings is 2. The van der Waals surface area contributed by atoms with Crippen molar-refractivity contribution in [3.63, 3.8) is 0 Å². The molecule has 1 aliphatic rings. The van der Waals surface area contributed by atoms with Crippen molar-refractivity contribution in [1.82, 2.24) is 0 Å². The molecule has 0 unspecified atom stereocenters. The van der Waals surface area contributed by atoms with Gasteiger partial charge in [-0.15, -0.1) is 0 Å². The SMILES string of the molecule is CCOc1ccc(NC(=O)CCc2ccc3c(c2)NC(=O)CO3)cc1. The summed E-state index contributed by atoms with van der Waals surface area (Å²) in [6, 6.07) is 12.8. The number of hydrogen-bond donors (Lipinski definition) is 2. The smallest absolute Gasteiger partial charge is 0.262 e. The van der Waals surface area contributed by atoms with Crippen molar-refractivity contribution in [3.05, 3.63) is 48.0 Å². The summed E-state index contributed by atoms with van der Waals surface area (Å²) in [7, 11) is 0. The van der Waals surface area contributed by atoms with Crippen LogP contribution in [0.4, 0.5) is 11.4 Å². The molecule has 3 rings (SSSR count). The molecule has 0 spiro atoms. The highest BCUT2D eigenvalue weighted by Gasteiger charge is 2.16. The molecule has 25 heavy (non-hydrogen) atoms. The largest absolute Gasteiger partial charge is 0.494 e. The van der Waals surface area contributed by atoms with E-state index in [2.05, 4.69) is 10.6 Å². The van der Waals surface area contributed by atoms with Gasteiger partial charge < -0.3 is 20.1 Å². The fraction of sp³-hybridized carbons (Fsp3) is 0.263. The molecule has 0 bridgehead atoms. The van der Waals surface area contributed by atoms with E-state index in [1.54, 1.807) is 0 Å². The van der Waals surface area contributed by atoms with E-state index < -0.39 is 0 Å². The fourth-order valence-electron chi connectivity index (χ4n) is 2.57. The molecule has 0 aliphatic carbocycles. The predicted octanol–water partition coefficient (Wildman–Crippen LogP) is 2.99. The van der Waals surface area contributed by atoms with E-state index in [0.717, 1.165) is 17.0 Å². The standard InChI is InChI=1S/C19H20N2O4/c1-2-24-15-7-5-14(6-8-15)20-18(22)10-4-13-3-9-17-16(11-13)21-19(23)12-25-17/h3,5-9,11H,2,4,10,12H2,1H3,(H,20,22)(H,21,23). The highest BCUT2D eigenvalue weighted by Crippen LogP contribution is 2.28. The first kappa shape index (κ1) is 16.8. The van der Waals surface area contributed by atoms with Crippen LogP contribution in [-0.2, 0) is 16.0 Å². The van der Waals surface area contributed by atoms with Gasteiger partial charge in [-0.05, 0) is 55.3 Å².